The molecule has 0 spiro atoms. The fourth-order valence-corrected chi connectivity index (χ4v) is 3.12. The zero-order valence-corrected chi connectivity index (χ0v) is 15.8. The summed E-state index contributed by atoms with van der Waals surface area (Å²) in [5.41, 5.74) is 11.6. The second-order valence-corrected chi connectivity index (χ2v) is 6.94. The predicted octanol–water partition coefficient (Wildman–Crippen LogP) is 5.35. The van der Waals surface area contributed by atoms with Crippen LogP contribution < -0.4 is 11.1 Å². The van der Waals surface area contributed by atoms with Gasteiger partial charge in [-0.1, -0.05) is 39.3 Å². The van der Waals surface area contributed by atoms with Crippen molar-refractivity contribution in [2.24, 2.45) is 0 Å². The molecule has 0 saturated heterocycles. The number of rotatable bonds is 7. The van der Waals surface area contributed by atoms with Gasteiger partial charge in [-0.3, -0.25) is 4.98 Å². The van der Waals surface area contributed by atoms with Crippen LogP contribution in [0, 0.1) is 0 Å². The van der Waals surface area contributed by atoms with Crippen molar-refractivity contribution in [3.8, 4) is 0 Å². The summed E-state index contributed by atoms with van der Waals surface area (Å²) in [5, 5.41) is 3.40. The molecular formula is C19H26BrN3. The smallest absolute Gasteiger partial charge is 0.0697 e. The van der Waals surface area contributed by atoms with Gasteiger partial charge in [-0.2, -0.15) is 0 Å². The highest BCUT2D eigenvalue weighted by Gasteiger charge is 2.13. The van der Waals surface area contributed by atoms with E-state index in [2.05, 4.69) is 65.2 Å². The van der Waals surface area contributed by atoms with Crippen molar-refractivity contribution in [3.05, 3.63) is 51.8 Å². The monoisotopic (exact) mass is 375 g/mol. The van der Waals surface area contributed by atoms with Crippen LogP contribution in [0.5, 0.6) is 0 Å². The molecule has 1 aromatic heterocycles. The van der Waals surface area contributed by atoms with Gasteiger partial charge >= 0.3 is 0 Å². The van der Waals surface area contributed by atoms with Crippen molar-refractivity contribution in [3.63, 3.8) is 0 Å². The second kappa shape index (κ2) is 8.34. The first-order valence-corrected chi connectivity index (χ1v) is 9.08. The maximum Gasteiger partial charge on any atom is 0.0697 e. The van der Waals surface area contributed by atoms with Gasteiger partial charge in [0.1, 0.15) is 0 Å². The molecule has 1 heterocycles. The Morgan fingerprint density at radius 2 is 2.04 bits per heavy atom. The summed E-state index contributed by atoms with van der Waals surface area (Å²) < 4.78 is 0.972. The van der Waals surface area contributed by atoms with E-state index in [-0.39, 0.29) is 0 Å². The van der Waals surface area contributed by atoms with Crippen LogP contribution in [0.3, 0.4) is 0 Å². The van der Waals surface area contributed by atoms with Crippen LogP contribution in [-0.4, -0.2) is 11.5 Å². The highest BCUT2D eigenvalue weighted by atomic mass is 79.9. The van der Waals surface area contributed by atoms with Crippen LogP contribution in [-0.2, 0) is 6.42 Å². The molecule has 23 heavy (non-hydrogen) atoms. The molecule has 1 aromatic carbocycles. The first-order chi connectivity index (χ1) is 11.0. The van der Waals surface area contributed by atoms with Crippen molar-refractivity contribution in [2.75, 3.05) is 17.6 Å². The number of nitrogens with two attached hydrogens (primary N) is 1. The highest BCUT2D eigenvalue weighted by molar-refractivity contribution is 9.10. The molecule has 0 bridgehead atoms. The Morgan fingerprint density at radius 1 is 1.26 bits per heavy atom. The van der Waals surface area contributed by atoms with Gasteiger partial charge in [0, 0.05) is 29.3 Å². The van der Waals surface area contributed by atoms with Crippen molar-refractivity contribution in [1.29, 1.82) is 0 Å². The number of nitrogens with one attached hydrogen (secondary N) is 1. The standard InChI is InChI=1S/C19H26BrN3/c1-4-5-10-22-16-9-8-14(18(20)19(16)21)12-17-15(13(2)3)7-6-11-23-17/h6-9,11,13,22H,4-5,10,12,21H2,1-3H3. The molecule has 3 nitrogen and oxygen atoms in total. The lowest BCUT2D eigenvalue weighted by atomic mass is 9.97. The van der Waals surface area contributed by atoms with E-state index in [1.54, 1.807) is 0 Å². The molecule has 0 aliphatic rings. The lowest BCUT2D eigenvalue weighted by Crippen LogP contribution is -2.06. The summed E-state index contributed by atoms with van der Waals surface area (Å²) in [7, 11) is 0. The molecule has 0 radical (unpaired) electrons. The normalized spacial score (nSPS) is 11.0. The van der Waals surface area contributed by atoms with Gasteiger partial charge in [0.25, 0.3) is 0 Å². The molecule has 2 rings (SSSR count). The van der Waals surface area contributed by atoms with E-state index in [0.29, 0.717) is 5.92 Å². The van der Waals surface area contributed by atoms with Crippen LogP contribution in [0.25, 0.3) is 0 Å². The number of anilines is 2. The fourth-order valence-electron chi connectivity index (χ4n) is 2.63. The van der Waals surface area contributed by atoms with E-state index >= 15 is 0 Å². The van der Waals surface area contributed by atoms with Crippen molar-refractivity contribution in [1.82, 2.24) is 4.98 Å². The largest absolute Gasteiger partial charge is 0.396 e. The number of hydrogen-bond acceptors (Lipinski definition) is 3. The Morgan fingerprint density at radius 3 is 2.74 bits per heavy atom. The van der Waals surface area contributed by atoms with Crippen LogP contribution in [0.4, 0.5) is 11.4 Å². The summed E-state index contributed by atoms with van der Waals surface area (Å²) in [6.45, 7) is 7.53. The molecule has 0 atom stereocenters. The Kier molecular flexibility index (Phi) is 6.46. The van der Waals surface area contributed by atoms with Gasteiger partial charge in [0.2, 0.25) is 0 Å². The summed E-state index contributed by atoms with van der Waals surface area (Å²) >= 11 is 3.67. The Balaban J connectivity index is 2.23. The third-order valence-electron chi connectivity index (χ3n) is 4.01. The van der Waals surface area contributed by atoms with Crippen LogP contribution >= 0.6 is 15.9 Å². The van der Waals surface area contributed by atoms with Gasteiger partial charge in [0.15, 0.2) is 0 Å². The maximum absolute atomic E-state index is 6.29. The Bertz CT molecular complexity index is 653. The number of hydrogen-bond donors (Lipinski definition) is 2. The lowest BCUT2D eigenvalue weighted by molar-refractivity contribution is 0.829. The van der Waals surface area contributed by atoms with Gasteiger partial charge in [-0.25, -0.2) is 0 Å². The predicted molar refractivity (Wildman–Crippen MR) is 103 cm³/mol. The molecule has 3 N–H and O–H groups in total. The number of unbranched alkanes of at least 4 members (excludes halogenated alkanes) is 1. The summed E-state index contributed by atoms with van der Waals surface area (Å²) in [4.78, 5) is 4.57. The zero-order chi connectivity index (χ0) is 16.8. The topological polar surface area (TPSA) is 50.9 Å². The maximum atomic E-state index is 6.29. The van der Waals surface area contributed by atoms with Crippen LogP contribution in [0.1, 0.15) is 56.4 Å². The summed E-state index contributed by atoms with van der Waals surface area (Å²) in [6, 6.07) is 8.37. The molecule has 0 amide bonds. The van der Waals surface area contributed by atoms with Crippen LogP contribution in [0.15, 0.2) is 34.9 Å². The minimum atomic E-state index is 0.463. The number of nitrogens with zero attached hydrogens (tertiary/aromatic N) is 1. The number of nitrogen functional groups attached to an aromatic ring is 1. The van der Waals surface area contributed by atoms with Gasteiger partial charge in [0.05, 0.1) is 11.4 Å². The van der Waals surface area contributed by atoms with Gasteiger partial charge in [-0.15, -0.1) is 0 Å². The van der Waals surface area contributed by atoms with Crippen molar-refractivity contribution < 1.29 is 0 Å². The second-order valence-electron chi connectivity index (χ2n) is 6.15. The molecule has 0 aliphatic heterocycles. The highest BCUT2D eigenvalue weighted by Crippen LogP contribution is 2.33. The van der Waals surface area contributed by atoms with Crippen molar-refractivity contribution in [2.45, 2.75) is 46.0 Å². The van der Waals surface area contributed by atoms with E-state index < -0.39 is 0 Å². The van der Waals surface area contributed by atoms with Gasteiger partial charge < -0.3 is 11.1 Å². The van der Waals surface area contributed by atoms with E-state index in [4.69, 9.17) is 5.73 Å². The molecule has 4 heteroatoms. The average molecular weight is 376 g/mol. The molecular weight excluding hydrogens is 350 g/mol. The van der Waals surface area contributed by atoms with E-state index in [1.807, 2.05) is 12.3 Å². The van der Waals surface area contributed by atoms with Crippen molar-refractivity contribution >= 4 is 27.3 Å². The zero-order valence-electron chi connectivity index (χ0n) is 14.2. The SMILES string of the molecule is CCCCNc1ccc(Cc2ncccc2C(C)C)c(Br)c1N. The molecule has 0 aliphatic carbocycles. The first-order valence-electron chi connectivity index (χ1n) is 8.29. The number of halogens is 1. The summed E-state index contributed by atoms with van der Waals surface area (Å²) in [6.07, 6.45) is 4.96. The number of aromatic nitrogens is 1. The molecule has 0 fully saturated rings. The third kappa shape index (κ3) is 4.47. The molecule has 124 valence electrons. The van der Waals surface area contributed by atoms with Crippen LogP contribution in [0.2, 0.25) is 0 Å². The Labute approximate surface area is 147 Å². The van der Waals surface area contributed by atoms with E-state index in [9.17, 15) is 0 Å². The number of pyridine rings is 1. The van der Waals surface area contributed by atoms with Gasteiger partial charge in [-0.05, 0) is 51.5 Å². The molecule has 2 aromatic rings. The minimum absolute atomic E-state index is 0.463. The van der Waals surface area contributed by atoms with E-state index in [1.165, 1.54) is 17.5 Å². The Hall–Kier alpha value is -1.55. The van der Waals surface area contributed by atoms with E-state index in [0.717, 1.165) is 40.9 Å². The lowest BCUT2D eigenvalue weighted by Gasteiger charge is -2.15. The first kappa shape index (κ1) is 17.8. The molecule has 0 unspecified atom stereocenters. The minimum Gasteiger partial charge on any atom is -0.396 e. The average Bonchev–Trinajstić information content (AvgIpc) is 2.54. The number of benzene rings is 1. The summed E-state index contributed by atoms with van der Waals surface area (Å²) in [5.74, 6) is 0.463. The molecule has 0 saturated carbocycles. The third-order valence-corrected chi connectivity index (χ3v) is 4.95. The fraction of sp³-hybridized carbons (Fsp3) is 0.421. The quantitative estimate of drug-likeness (QED) is 0.506.